The van der Waals surface area contributed by atoms with Crippen molar-refractivity contribution in [3.63, 3.8) is 0 Å². The highest BCUT2D eigenvalue weighted by Crippen LogP contribution is 2.27. The van der Waals surface area contributed by atoms with E-state index in [0.717, 1.165) is 29.7 Å². The summed E-state index contributed by atoms with van der Waals surface area (Å²) in [5, 5.41) is 11.6. The van der Waals surface area contributed by atoms with E-state index in [0.29, 0.717) is 18.8 Å². The lowest BCUT2D eigenvalue weighted by Gasteiger charge is -2.25. The first-order valence-electron chi connectivity index (χ1n) is 8.18. The second-order valence-corrected chi connectivity index (χ2v) is 6.16. The van der Waals surface area contributed by atoms with Crippen molar-refractivity contribution in [3.05, 3.63) is 70.8 Å². The standard InChI is InChI=1S/C20H17F2N3O/c1-13-9-10-25(12-23)11-16(13)14-5-7-15(8-6-14)24-20(26)19-17(21)3-2-4-18(19)22/h2-8H,9-11H2,1H3,(H,24,26). The molecule has 3 rings (SSSR count). The van der Waals surface area contributed by atoms with E-state index in [4.69, 9.17) is 5.26 Å². The van der Waals surface area contributed by atoms with E-state index in [-0.39, 0.29) is 0 Å². The van der Waals surface area contributed by atoms with Crippen molar-refractivity contribution < 1.29 is 13.6 Å². The van der Waals surface area contributed by atoms with E-state index < -0.39 is 23.1 Å². The van der Waals surface area contributed by atoms with Gasteiger partial charge in [-0.1, -0.05) is 23.8 Å². The van der Waals surface area contributed by atoms with Gasteiger partial charge in [0.2, 0.25) is 0 Å². The molecule has 0 spiro atoms. The quantitative estimate of drug-likeness (QED) is 0.843. The topological polar surface area (TPSA) is 56.1 Å². The fourth-order valence-electron chi connectivity index (χ4n) is 2.94. The predicted octanol–water partition coefficient (Wildman–Crippen LogP) is 4.18. The molecule has 26 heavy (non-hydrogen) atoms. The first-order chi connectivity index (χ1) is 12.5. The highest BCUT2D eigenvalue weighted by molar-refractivity contribution is 6.04. The normalized spacial score (nSPS) is 14.2. The minimum Gasteiger partial charge on any atom is -0.322 e. The Bertz CT molecular complexity index is 893. The van der Waals surface area contributed by atoms with E-state index in [1.54, 1.807) is 17.0 Å². The average molecular weight is 353 g/mol. The molecule has 0 fully saturated rings. The van der Waals surface area contributed by atoms with Crippen LogP contribution >= 0.6 is 0 Å². The van der Waals surface area contributed by atoms with Crippen molar-refractivity contribution in [1.82, 2.24) is 4.90 Å². The Morgan fingerprint density at radius 2 is 1.81 bits per heavy atom. The molecule has 1 heterocycles. The van der Waals surface area contributed by atoms with Crippen LogP contribution in [0, 0.1) is 23.1 Å². The minimum atomic E-state index is -0.904. The predicted molar refractivity (Wildman–Crippen MR) is 95.2 cm³/mol. The summed E-state index contributed by atoms with van der Waals surface area (Å²) in [4.78, 5) is 13.8. The maximum atomic E-state index is 13.7. The van der Waals surface area contributed by atoms with Gasteiger partial charge in [-0.15, -0.1) is 0 Å². The van der Waals surface area contributed by atoms with Crippen LogP contribution < -0.4 is 5.32 Å². The summed E-state index contributed by atoms with van der Waals surface area (Å²) in [6.07, 6.45) is 2.99. The van der Waals surface area contributed by atoms with Gasteiger partial charge in [-0.3, -0.25) is 4.79 Å². The molecule has 0 aliphatic carbocycles. The molecular weight excluding hydrogens is 336 g/mol. The van der Waals surface area contributed by atoms with Gasteiger partial charge < -0.3 is 10.2 Å². The van der Waals surface area contributed by atoms with Gasteiger partial charge in [0.1, 0.15) is 17.2 Å². The molecule has 1 N–H and O–H groups in total. The summed E-state index contributed by atoms with van der Waals surface area (Å²) in [6.45, 7) is 3.31. The number of amides is 1. The van der Waals surface area contributed by atoms with E-state index in [9.17, 15) is 13.6 Å². The van der Waals surface area contributed by atoms with E-state index in [1.807, 2.05) is 19.1 Å². The number of hydrogen-bond donors (Lipinski definition) is 1. The third-order valence-corrected chi connectivity index (χ3v) is 4.44. The van der Waals surface area contributed by atoms with Crippen molar-refractivity contribution in [2.45, 2.75) is 13.3 Å². The maximum Gasteiger partial charge on any atom is 0.261 e. The number of hydrogen-bond acceptors (Lipinski definition) is 3. The number of rotatable bonds is 3. The van der Waals surface area contributed by atoms with E-state index in [1.165, 1.54) is 11.6 Å². The number of nitriles is 1. The first-order valence-corrected chi connectivity index (χ1v) is 8.18. The number of halogens is 2. The number of nitrogens with one attached hydrogen (secondary N) is 1. The number of anilines is 1. The van der Waals surface area contributed by atoms with Crippen LogP contribution in [-0.4, -0.2) is 23.9 Å². The monoisotopic (exact) mass is 353 g/mol. The molecule has 0 atom stereocenters. The second kappa shape index (κ2) is 7.36. The highest BCUT2D eigenvalue weighted by Gasteiger charge is 2.18. The van der Waals surface area contributed by atoms with Gasteiger partial charge in [-0.05, 0) is 48.7 Å². The van der Waals surface area contributed by atoms with Crippen LogP contribution in [-0.2, 0) is 0 Å². The molecule has 1 aliphatic rings. The maximum absolute atomic E-state index is 13.7. The molecule has 4 nitrogen and oxygen atoms in total. The Balaban J connectivity index is 1.78. The SMILES string of the molecule is CC1=C(c2ccc(NC(=O)c3c(F)cccc3F)cc2)CN(C#N)CC1. The van der Waals surface area contributed by atoms with Crippen molar-refractivity contribution in [2.24, 2.45) is 0 Å². The average Bonchev–Trinajstić information content (AvgIpc) is 2.63. The van der Waals surface area contributed by atoms with Crippen molar-refractivity contribution in [2.75, 3.05) is 18.4 Å². The van der Waals surface area contributed by atoms with Gasteiger partial charge in [0.25, 0.3) is 5.91 Å². The van der Waals surface area contributed by atoms with E-state index in [2.05, 4.69) is 11.5 Å². The second-order valence-electron chi connectivity index (χ2n) is 6.16. The molecule has 6 heteroatoms. The Morgan fingerprint density at radius 1 is 1.15 bits per heavy atom. The van der Waals surface area contributed by atoms with Gasteiger partial charge >= 0.3 is 0 Å². The van der Waals surface area contributed by atoms with Crippen molar-refractivity contribution in [3.8, 4) is 6.19 Å². The van der Waals surface area contributed by atoms with Crippen LogP contribution in [0.4, 0.5) is 14.5 Å². The number of carbonyl (C=O) groups is 1. The van der Waals surface area contributed by atoms with Crippen LogP contribution in [0.25, 0.3) is 5.57 Å². The molecule has 1 amide bonds. The third kappa shape index (κ3) is 3.57. The Morgan fingerprint density at radius 3 is 2.42 bits per heavy atom. The summed E-state index contributed by atoms with van der Waals surface area (Å²) in [5.41, 5.74) is 3.09. The zero-order valence-corrected chi connectivity index (χ0v) is 14.2. The largest absolute Gasteiger partial charge is 0.322 e. The molecule has 1 aliphatic heterocycles. The van der Waals surface area contributed by atoms with Crippen molar-refractivity contribution in [1.29, 1.82) is 5.26 Å². The summed E-state index contributed by atoms with van der Waals surface area (Å²) in [7, 11) is 0. The van der Waals surface area contributed by atoms with Gasteiger partial charge in [0.15, 0.2) is 6.19 Å². The Labute approximate surface area is 150 Å². The fourth-order valence-corrected chi connectivity index (χ4v) is 2.94. The zero-order chi connectivity index (χ0) is 18.7. The van der Waals surface area contributed by atoms with E-state index >= 15 is 0 Å². The van der Waals surface area contributed by atoms with Crippen LogP contribution in [0.1, 0.15) is 29.3 Å². The van der Waals surface area contributed by atoms with Gasteiger partial charge in [-0.2, -0.15) is 5.26 Å². The minimum absolute atomic E-state index is 0.438. The van der Waals surface area contributed by atoms with Crippen LogP contribution in [0.2, 0.25) is 0 Å². The lowest BCUT2D eigenvalue weighted by atomic mass is 9.95. The third-order valence-electron chi connectivity index (χ3n) is 4.44. The van der Waals surface area contributed by atoms with Gasteiger partial charge in [0.05, 0.1) is 6.54 Å². The van der Waals surface area contributed by atoms with Crippen molar-refractivity contribution >= 4 is 17.2 Å². The highest BCUT2D eigenvalue weighted by atomic mass is 19.1. The lowest BCUT2D eigenvalue weighted by Crippen LogP contribution is -2.26. The summed E-state index contributed by atoms with van der Waals surface area (Å²) in [5.74, 6) is -2.64. The number of carbonyl (C=O) groups excluding carboxylic acids is 1. The number of benzene rings is 2. The molecule has 0 bridgehead atoms. The fraction of sp³-hybridized carbons (Fsp3) is 0.200. The molecule has 2 aromatic carbocycles. The summed E-state index contributed by atoms with van der Waals surface area (Å²) < 4.78 is 27.4. The lowest BCUT2D eigenvalue weighted by molar-refractivity contribution is 0.101. The molecule has 0 aromatic heterocycles. The molecule has 0 saturated heterocycles. The van der Waals surface area contributed by atoms with Crippen LogP contribution in [0.5, 0.6) is 0 Å². The molecule has 2 aromatic rings. The smallest absolute Gasteiger partial charge is 0.261 e. The Kier molecular flexibility index (Phi) is 4.99. The van der Waals surface area contributed by atoms with Gasteiger partial charge in [-0.25, -0.2) is 8.78 Å². The van der Waals surface area contributed by atoms with Crippen LogP contribution in [0.15, 0.2) is 48.0 Å². The zero-order valence-electron chi connectivity index (χ0n) is 14.2. The van der Waals surface area contributed by atoms with Crippen LogP contribution in [0.3, 0.4) is 0 Å². The first kappa shape index (κ1) is 17.6. The molecular formula is C20H17F2N3O. The summed E-state index contributed by atoms with van der Waals surface area (Å²) in [6, 6.07) is 10.3. The molecule has 0 unspecified atom stereocenters. The summed E-state index contributed by atoms with van der Waals surface area (Å²) >= 11 is 0. The molecule has 0 radical (unpaired) electrons. The molecule has 132 valence electrons. The molecule has 0 saturated carbocycles. The Hall–Kier alpha value is -3.20. The number of nitrogens with zero attached hydrogens (tertiary/aromatic N) is 2. The van der Waals surface area contributed by atoms with Gasteiger partial charge in [0, 0.05) is 12.2 Å².